The molecule has 3 heteroatoms. The quantitative estimate of drug-likeness (QED) is 0.922. The number of hydrogen-bond donors (Lipinski definition) is 1. The van der Waals surface area contributed by atoms with Crippen LogP contribution in [0.25, 0.3) is 0 Å². The Balaban J connectivity index is 1.51. The summed E-state index contributed by atoms with van der Waals surface area (Å²) in [7, 11) is 0. The van der Waals surface area contributed by atoms with Gasteiger partial charge in [-0.1, -0.05) is 30.3 Å². The van der Waals surface area contributed by atoms with Gasteiger partial charge in [0.25, 0.3) is 0 Å². The molecule has 22 heavy (non-hydrogen) atoms. The van der Waals surface area contributed by atoms with E-state index in [2.05, 4.69) is 52.4 Å². The maximum atomic E-state index is 3.55. The van der Waals surface area contributed by atoms with Gasteiger partial charge in [0.05, 0.1) is 0 Å². The molecule has 0 unspecified atom stereocenters. The molecule has 2 heterocycles. The summed E-state index contributed by atoms with van der Waals surface area (Å²) in [6.07, 6.45) is 4.06. The zero-order chi connectivity index (χ0) is 15.2. The highest BCUT2D eigenvalue weighted by molar-refractivity contribution is 5.14. The minimum atomic E-state index is 0.690. The monoisotopic (exact) mass is 301 g/mol. The first-order valence-electron chi connectivity index (χ1n) is 9.02. The summed E-state index contributed by atoms with van der Waals surface area (Å²) in [5.41, 5.74) is 1.44. The average molecular weight is 301 g/mol. The molecule has 3 nitrogen and oxygen atoms in total. The van der Waals surface area contributed by atoms with E-state index in [1.807, 2.05) is 0 Å². The van der Waals surface area contributed by atoms with Crippen LogP contribution in [-0.4, -0.2) is 55.1 Å². The van der Waals surface area contributed by atoms with E-state index in [9.17, 15) is 0 Å². The molecule has 2 aliphatic heterocycles. The zero-order valence-electron chi connectivity index (χ0n) is 14.0. The zero-order valence-corrected chi connectivity index (χ0v) is 14.0. The predicted molar refractivity (Wildman–Crippen MR) is 93.0 cm³/mol. The van der Waals surface area contributed by atoms with Gasteiger partial charge in [-0.2, -0.15) is 0 Å². The lowest BCUT2D eigenvalue weighted by Gasteiger charge is -2.29. The average Bonchev–Trinajstić information content (AvgIpc) is 2.73. The van der Waals surface area contributed by atoms with Crippen LogP contribution in [0, 0.1) is 5.92 Å². The maximum absolute atomic E-state index is 3.55. The highest BCUT2D eigenvalue weighted by Gasteiger charge is 2.23. The highest BCUT2D eigenvalue weighted by Crippen LogP contribution is 2.17. The van der Waals surface area contributed by atoms with E-state index in [0.717, 1.165) is 12.5 Å². The molecule has 0 aliphatic carbocycles. The van der Waals surface area contributed by atoms with Crippen LogP contribution in [0.1, 0.15) is 31.7 Å². The van der Waals surface area contributed by atoms with Crippen molar-refractivity contribution in [2.45, 2.75) is 38.8 Å². The number of nitrogens with zero attached hydrogens (tertiary/aromatic N) is 2. The minimum absolute atomic E-state index is 0.690. The first-order chi connectivity index (χ1) is 10.8. The van der Waals surface area contributed by atoms with E-state index in [0.29, 0.717) is 6.04 Å². The lowest BCUT2D eigenvalue weighted by Crippen LogP contribution is -2.39. The second-order valence-corrected chi connectivity index (χ2v) is 7.11. The molecule has 0 spiro atoms. The first-order valence-corrected chi connectivity index (χ1v) is 9.02. The molecule has 0 amide bonds. The van der Waals surface area contributed by atoms with E-state index in [1.54, 1.807) is 0 Å². The smallest absolute Gasteiger partial charge is 0.0237 e. The molecule has 1 N–H and O–H groups in total. The Bertz CT molecular complexity index is 428. The fourth-order valence-electron chi connectivity index (χ4n) is 3.83. The fourth-order valence-corrected chi connectivity index (χ4v) is 3.83. The van der Waals surface area contributed by atoms with Crippen LogP contribution in [0.15, 0.2) is 30.3 Å². The Morgan fingerprint density at radius 2 is 1.95 bits per heavy atom. The molecule has 2 saturated heterocycles. The standard InChI is InChI=1S/C19H31N3/c1-17-9-11-21(15-19-8-5-10-20-14-19)12-13-22(17)16-18-6-3-2-4-7-18/h2-4,6-7,17,19-20H,5,8-16H2,1H3/t17-,19+/m0/s1. The molecular formula is C19H31N3. The van der Waals surface area contributed by atoms with Crippen LogP contribution in [0.4, 0.5) is 0 Å². The molecule has 0 bridgehead atoms. The topological polar surface area (TPSA) is 18.5 Å². The van der Waals surface area contributed by atoms with Gasteiger partial charge in [0.15, 0.2) is 0 Å². The predicted octanol–water partition coefficient (Wildman–Crippen LogP) is 2.58. The van der Waals surface area contributed by atoms with E-state index >= 15 is 0 Å². The molecule has 2 atom stereocenters. The van der Waals surface area contributed by atoms with Gasteiger partial charge in [-0.15, -0.1) is 0 Å². The molecule has 122 valence electrons. The molecule has 3 rings (SSSR count). The fraction of sp³-hybridized carbons (Fsp3) is 0.684. The molecule has 0 radical (unpaired) electrons. The number of piperidine rings is 1. The number of rotatable bonds is 4. The Morgan fingerprint density at radius 1 is 1.09 bits per heavy atom. The molecular weight excluding hydrogens is 270 g/mol. The van der Waals surface area contributed by atoms with Crippen molar-refractivity contribution in [1.29, 1.82) is 0 Å². The second-order valence-electron chi connectivity index (χ2n) is 7.11. The normalized spacial score (nSPS) is 28.4. The van der Waals surface area contributed by atoms with Gasteiger partial charge in [0.1, 0.15) is 0 Å². The van der Waals surface area contributed by atoms with Gasteiger partial charge in [-0.25, -0.2) is 0 Å². The van der Waals surface area contributed by atoms with E-state index in [1.165, 1.54) is 64.1 Å². The molecule has 1 aromatic carbocycles. The molecule has 2 aliphatic rings. The second kappa shape index (κ2) is 8.09. The third-order valence-corrected chi connectivity index (χ3v) is 5.33. The summed E-state index contributed by atoms with van der Waals surface area (Å²) in [6.45, 7) is 10.9. The van der Waals surface area contributed by atoms with E-state index < -0.39 is 0 Å². The molecule has 0 aromatic heterocycles. The lowest BCUT2D eigenvalue weighted by molar-refractivity contribution is 0.195. The van der Waals surface area contributed by atoms with Crippen molar-refractivity contribution in [1.82, 2.24) is 15.1 Å². The first kappa shape index (κ1) is 16.0. The van der Waals surface area contributed by atoms with Gasteiger partial charge < -0.3 is 10.2 Å². The summed E-state index contributed by atoms with van der Waals surface area (Å²) in [6, 6.07) is 11.6. The Kier molecular flexibility index (Phi) is 5.88. The number of benzene rings is 1. The third-order valence-electron chi connectivity index (χ3n) is 5.33. The van der Waals surface area contributed by atoms with Crippen molar-refractivity contribution >= 4 is 0 Å². The maximum Gasteiger partial charge on any atom is 0.0237 e. The van der Waals surface area contributed by atoms with Crippen LogP contribution in [-0.2, 0) is 6.54 Å². The minimum Gasteiger partial charge on any atom is -0.316 e. The van der Waals surface area contributed by atoms with Crippen molar-refractivity contribution in [3.05, 3.63) is 35.9 Å². The Morgan fingerprint density at radius 3 is 2.73 bits per heavy atom. The van der Waals surface area contributed by atoms with E-state index in [4.69, 9.17) is 0 Å². The largest absolute Gasteiger partial charge is 0.316 e. The van der Waals surface area contributed by atoms with Crippen LogP contribution >= 0.6 is 0 Å². The summed E-state index contributed by atoms with van der Waals surface area (Å²) >= 11 is 0. The summed E-state index contributed by atoms with van der Waals surface area (Å²) in [5, 5.41) is 3.55. The van der Waals surface area contributed by atoms with Gasteiger partial charge in [-0.05, 0) is 57.3 Å². The third kappa shape index (κ3) is 4.55. The van der Waals surface area contributed by atoms with Gasteiger partial charge in [0, 0.05) is 32.2 Å². The van der Waals surface area contributed by atoms with Crippen LogP contribution in [0.3, 0.4) is 0 Å². The van der Waals surface area contributed by atoms with Crippen LogP contribution in [0.5, 0.6) is 0 Å². The van der Waals surface area contributed by atoms with Crippen molar-refractivity contribution in [2.24, 2.45) is 5.92 Å². The highest BCUT2D eigenvalue weighted by atomic mass is 15.2. The number of hydrogen-bond acceptors (Lipinski definition) is 3. The summed E-state index contributed by atoms with van der Waals surface area (Å²) in [5.74, 6) is 0.865. The molecule has 1 aromatic rings. The van der Waals surface area contributed by atoms with Crippen LogP contribution in [0.2, 0.25) is 0 Å². The van der Waals surface area contributed by atoms with Gasteiger partial charge in [-0.3, -0.25) is 4.90 Å². The van der Waals surface area contributed by atoms with Crippen molar-refractivity contribution in [2.75, 3.05) is 39.3 Å². The number of nitrogens with one attached hydrogen (secondary N) is 1. The van der Waals surface area contributed by atoms with Crippen LogP contribution < -0.4 is 5.32 Å². The Hall–Kier alpha value is -0.900. The molecule has 0 saturated carbocycles. The lowest BCUT2D eigenvalue weighted by atomic mass is 9.99. The summed E-state index contributed by atoms with van der Waals surface area (Å²) in [4.78, 5) is 5.37. The van der Waals surface area contributed by atoms with Crippen molar-refractivity contribution in [3.63, 3.8) is 0 Å². The SMILES string of the molecule is C[C@H]1CCN(C[C@@H]2CCCNC2)CCN1Cc1ccccc1. The van der Waals surface area contributed by atoms with E-state index in [-0.39, 0.29) is 0 Å². The van der Waals surface area contributed by atoms with Crippen molar-refractivity contribution in [3.8, 4) is 0 Å². The Labute approximate surface area is 135 Å². The van der Waals surface area contributed by atoms with Crippen molar-refractivity contribution < 1.29 is 0 Å². The van der Waals surface area contributed by atoms with Gasteiger partial charge >= 0.3 is 0 Å². The summed E-state index contributed by atoms with van der Waals surface area (Å²) < 4.78 is 0. The molecule has 2 fully saturated rings. The van der Waals surface area contributed by atoms with Gasteiger partial charge in [0.2, 0.25) is 0 Å².